The summed E-state index contributed by atoms with van der Waals surface area (Å²) < 4.78 is 40.5. The number of carbonyl (C=O) groups is 3. The normalized spacial score (nSPS) is 22.8. The molecule has 32 heavy (non-hydrogen) atoms. The highest BCUT2D eigenvalue weighted by Crippen LogP contribution is 2.34. The van der Waals surface area contributed by atoms with E-state index in [1.54, 1.807) is 0 Å². The molecule has 11 heteroatoms. The van der Waals surface area contributed by atoms with Gasteiger partial charge in [-0.1, -0.05) is 6.07 Å². The first-order valence-electron chi connectivity index (χ1n) is 10.00. The Kier molecular flexibility index (Phi) is 5.59. The average Bonchev–Trinajstić information content (AvgIpc) is 3.01. The van der Waals surface area contributed by atoms with Crippen molar-refractivity contribution in [2.75, 3.05) is 10.0 Å². The van der Waals surface area contributed by atoms with E-state index in [0.29, 0.717) is 31.4 Å². The number of sulfonamides is 1. The Bertz CT molecular complexity index is 1170. The van der Waals surface area contributed by atoms with Crippen molar-refractivity contribution in [1.29, 1.82) is 0 Å². The second kappa shape index (κ2) is 8.23. The molecule has 1 spiro atoms. The molecule has 2 fully saturated rings. The zero-order valence-electron chi connectivity index (χ0n) is 16.9. The third kappa shape index (κ3) is 4.42. The van der Waals surface area contributed by atoms with E-state index in [1.807, 2.05) is 0 Å². The third-order valence-corrected chi connectivity index (χ3v) is 7.13. The molecule has 4 amide bonds. The zero-order valence-corrected chi connectivity index (χ0v) is 17.7. The fraction of sp³-hybridized carbons (Fsp3) is 0.286. The third-order valence-electron chi connectivity index (χ3n) is 5.73. The molecule has 168 valence electrons. The molecule has 0 radical (unpaired) electrons. The van der Waals surface area contributed by atoms with Crippen LogP contribution in [0.4, 0.5) is 20.6 Å². The lowest BCUT2D eigenvalue weighted by Gasteiger charge is -2.33. The first-order chi connectivity index (χ1) is 15.2. The van der Waals surface area contributed by atoms with E-state index in [0.717, 1.165) is 6.07 Å². The van der Waals surface area contributed by atoms with Gasteiger partial charge in [0, 0.05) is 11.6 Å². The summed E-state index contributed by atoms with van der Waals surface area (Å²) in [5, 5.41) is 7.64. The summed E-state index contributed by atoms with van der Waals surface area (Å²) in [6.45, 7) is 0. The number of anilines is 2. The number of imide groups is 1. The van der Waals surface area contributed by atoms with Crippen molar-refractivity contribution in [3.8, 4) is 0 Å². The maximum atomic E-state index is 13.3. The van der Waals surface area contributed by atoms with Crippen LogP contribution in [-0.2, 0) is 19.6 Å². The van der Waals surface area contributed by atoms with Gasteiger partial charge in [-0.25, -0.2) is 17.6 Å². The number of amides is 4. The van der Waals surface area contributed by atoms with Gasteiger partial charge in [-0.05, 0) is 68.1 Å². The van der Waals surface area contributed by atoms with Crippen molar-refractivity contribution >= 4 is 39.2 Å². The van der Waals surface area contributed by atoms with Crippen molar-refractivity contribution in [2.45, 2.75) is 36.1 Å². The van der Waals surface area contributed by atoms with Crippen LogP contribution in [0.15, 0.2) is 53.4 Å². The van der Waals surface area contributed by atoms with E-state index in [2.05, 4.69) is 20.7 Å². The lowest BCUT2D eigenvalue weighted by Crippen LogP contribution is -2.50. The maximum Gasteiger partial charge on any atom is 0.322 e. The number of hydrogen-bond donors (Lipinski definition) is 4. The number of hydrogen-bond acceptors (Lipinski definition) is 5. The molecule has 0 atom stereocenters. The predicted octanol–water partition coefficient (Wildman–Crippen LogP) is 2.33. The summed E-state index contributed by atoms with van der Waals surface area (Å²) in [4.78, 5) is 36.0. The van der Waals surface area contributed by atoms with Crippen molar-refractivity contribution < 1.29 is 27.2 Å². The number of halogens is 1. The summed E-state index contributed by atoms with van der Waals surface area (Å²) in [6.07, 6.45) is 1.60. The topological polar surface area (TPSA) is 133 Å². The van der Waals surface area contributed by atoms with Crippen LogP contribution in [0.3, 0.4) is 0 Å². The largest absolute Gasteiger partial charge is 0.326 e. The number of carbonyl (C=O) groups excluding carboxylic acids is 3. The summed E-state index contributed by atoms with van der Waals surface area (Å²) in [6, 6.07) is 10.2. The quantitative estimate of drug-likeness (QED) is 0.508. The Hall–Kier alpha value is -3.47. The lowest BCUT2D eigenvalue weighted by atomic mass is 9.76. The van der Waals surface area contributed by atoms with Crippen LogP contribution in [0, 0.1) is 11.7 Å². The molecule has 1 saturated carbocycles. The first-order valence-corrected chi connectivity index (χ1v) is 11.5. The first kappa shape index (κ1) is 21.8. The van der Waals surface area contributed by atoms with Gasteiger partial charge in [-0.2, -0.15) is 0 Å². The minimum atomic E-state index is -3.92. The maximum absolute atomic E-state index is 13.3. The average molecular weight is 460 g/mol. The molecule has 2 aromatic carbocycles. The highest BCUT2D eigenvalue weighted by Gasteiger charge is 2.48. The standard InChI is InChI=1S/C21H21FN4O5S/c22-14-2-1-3-16(12-14)26-32(30,31)17-6-4-15(5-7-17)23-18(27)13-8-10-21(11-9-13)19(28)24-20(29)25-21/h1-7,12-13,26H,8-11H2,(H,23,27)(H2,24,25,28,29). The molecule has 1 saturated heterocycles. The van der Waals surface area contributed by atoms with Gasteiger partial charge in [0.15, 0.2) is 0 Å². The number of nitrogens with one attached hydrogen (secondary N) is 4. The van der Waals surface area contributed by atoms with Gasteiger partial charge in [0.1, 0.15) is 11.4 Å². The Balaban J connectivity index is 1.36. The number of urea groups is 1. The Morgan fingerprint density at radius 1 is 1.03 bits per heavy atom. The van der Waals surface area contributed by atoms with Gasteiger partial charge in [0.25, 0.3) is 15.9 Å². The smallest absolute Gasteiger partial charge is 0.322 e. The van der Waals surface area contributed by atoms with E-state index >= 15 is 0 Å². The Labute approximate surface area is 183 Å². The highest BCUT2D eigenvalue weighted by atomic mass is 32.2. The van der Waals surface area contributed by atoms with E-state index in [4.69, 9.17) is 0 Å². The van der Waals surface area contributed by atoms with E-state index in [1.165, 1.54) is 42.5 Å². The molecule has 4 N–H and O–H groups in total. The van der Waals surface area contributed by atoms with Crippen molar-refractivity contribution in [1.82, 2.24) is 10.6 Å². The van der Waals surface area contributed by atoms with E-state index in [9.17, 15) is 27.2 Å². The van der Waals surface area contributed by atoms with Gasteiger partial charge in [-0.15, -0.1) is 0 Å². The Morgan fingerprint density at radius 3 is 2.31 bits per heavy atom. The molecular weight excluding hydrogens is 439 g/mol. The summed E-state index contributed by atoms with van der Waals surface area (Å²) in [5.41, 5.74) is -0.407. The molecule has 2 aliphatic rings. The van der Waals surface area contributed by atoms with Gasteiger partial charge in [0.2, 0.25) is 5.91 Å². The van der Waals surface area contributed by atoms with Crippen LogP contribution in [0.25, 0.3) is 0 Å². The molecule has 1 aliphatic carbocycles. The van der Waals surface area contributed by atoms with Crippen LogP contribution >= 0.6 is 0 Å². The fourth-order valence-corrected chi connectivity index (χ4v) is 5.03. The van der Waals surface area contributed by atoms with Crippen LogP contribution < -0.4 is 20.7 Å². The fourth-order valence-electron chi connectivity index (χ4n) is 3.98. The van der Waals surface area contributed by atoms with Crippen LogP contribution in [0.1, 0.15) is 25.7 Å². The predicted molar refractivity (Wildman–Crippen MR) is 114 cm³/mol. The van der Waals surface area contributed by atoms with Crippen LogP contribution in [0.5, 0.6) is 0 Å². The minimum Gasteiger partial charge on any atom is -0.326 e. The summed E-state index contributed by atoms with van der Waals surface area (Å²) in [5.74, 6) is -1.49. The van der Waals surface area contributed by atoms with E-state index in [-0.39, 0.29) is 28.3 Å². The second-order valence-electron chi connectivity index (χ2n) is 7.89. The highest BCUT2D eigenvalue weighted by molar-refractivity contribution is 7.92. The SMILES string of the molecule is O=C1NC(=O)C2(CCC(C(=O)Nc3ccc(S(=O)(=O)Nc4cccc(F)c4)cc3)CC2)N1. The molecule has 1 aliphatic heterocycles. The molecule has 2 aromatic rings. The molecule has 0 aromatic heterocycles. The Morgan fingerprint density at radius 2 is 1.72 bits per heavy atom. The molecule has 1 heterocycles. The summed E-state index contributed by atoms with van der Waals surface area (Å²) >= 11 is 0. The monoisotopic (exact) mass is 460 g/mol. The van der Waals surface area contributed by atoms with Crippen molar-refractivity contribution in [2.24, 2.45) is 5.92 Å². The second-order valence-corrected chi connectivity index (χ2v) is 9.58. The minimum absolute atomic E-state index is 0.0395. The van der Waals surface area contributed by atoms with Gasteiger partial charge >= 0.3 is 6.03 Å². The zero-order chi connectivity index (χ0) is 22.9. The van der Waals surface area contributed by atoms with Gasteiger partial charge in [-0.3, -0.25) is 19.6 Å². The summed E-state index contributed by atoms with van der Waals surface area (Å²) in [7, 11) is -3.92. The number of benzene rings is 2. The lowest BCUT2D eigenvalue weighted by molar-refractivity contribution is -0.128. The van der Waals surface area contributed by atoms with Crippen LogP contribution in [0.2, 0.25) is 0 Å². The number of rotatable bonds is 5. The van der Waals surface area contributed by atoms with Gasteiger partial charge < -0.3 is 10.6 Å². The van der Waals surface area contributed by atoms with Crippen molar-refractivity contribution in [3.05, 3.63) is 54.3 Å². The molecular formula is C21H21FN4O5S. The molecule has 9 nitrogen and oxygen atoms in total. The molecule has 0 unspecified atom stereocenters. The van der Waals surface area contributed by atoms with Gasteiger partial charge in [0.05, 0.1) is 10.6 Å². The van der Waals surface area contributed by atoms with Crippen molar-refractivity contribution in [3.63, 3.8) is 0 Å². The van der Waals surface area contributed by atoms with E-state index < -0.39 is 27.4 Å². The molecule has 0 bridgehead atoms. The molecule has 4 rings (SSSR count). The van der Waals surface area contributed by atoms with Crippen LogP contribution in [-0.4, -0.2) is 31.8 Å².